The highest BCUT2D eigenvalue weighted by atomic mass is 16.5. The van der Waals surface area contributed by atoms with Crippen LogP contribution in [-0.2, 0) is 9.53 Å². The van der Waals surface area contributed by atoms with Gasteiger partial charge < -0.3 is 19.1 Å². The summed E-state index contributed by atoms with van der Waals surface area (Å²) in [4.78, 5) is 15.2. The molecule has 5 heteroatoms. The highest BCUT2D eigenvalue weighted by Crippen LogP contribution is 2.49. The van der Waals surface area contributed by atoms with Crippen molar-refractivity contribution < 1.29 is 19.0 Å². The van der Waals surface area contributed by atoms with E-state index in [2.05, 4.69) is 13.8 Å². The van der Waals surface area contributed by atoms with Crippen molar-refractivity contribution in [2.24, 2.45) is 5.92 Å². The van der Waals surface area contributed by atoms with E-state index in [9.17, 15) is 4.79 Å². The number of ether oxygens (including phenoxy) is 3. The molecule has 1 unspecified atom stereocenters. The molecule has 0 N–H and O–H groups in total. The third-order valence-corrected chi connectivity index (χ3v) is 5.42. The van der Waals surface area contributed by atoms with E-state index in [0.717, 1.165) is 22.6 Å². The molecule has 2 saturated heterocycles. The standard InChI is InChI=1S/C19H27NO4/c1-11(2)15-10-24-19(4)9-14(18(21)20(15)19)13-8-16(22-5)12(3)7-17(13)23-6/h7-8,11,14-15H,9-10H2,1-6H3/t14?,15-,19-/m1/s1. The van der Waals surface area contributed by atoms with Crippen molar-refractivity contribution in [3.05, 3.63) is 23.3 Å². The molecule has 3 atom stereocenters. The van der Waals surface area contributed by atoms with E-state index in [4.69, 9.17) is 14.2 Å². The molecule has 2 fully saturated rings. The van der Waals surface area contributed by atoms with Gasteiger partial charge in [0.1, 0.15) is 17.2 Å². The SMILES string of the molecule is COc1cc(C2C[C@@]3(C)OC[C@H](C(C)C)N3C2=O)c(OC)cc1C. The molecular weight excluding hydrogens is 306 g/mol. The highest BCUT2D eigenvalue weighted by molar-refractivity contribution is 5.88. The maximum absolute atomic E-state index is 13.2. The lowest BCUT2D eigenvalue weighted by atomic mass is 9.92. The van der Waals surface area contributed by atoms with E-state index in [1.54, 1.807) is 14.2 Å². The maximum atomic E-state index is 13.2. The van der Waals surface area contributed by atoms with Crippen molar-refractivity contribution in [1.82, 2.24) is 4.90 Å². The summed E-state index contributed by atoms with van der Waals surface area (Å²) in [5.41, 5.74) is 1.35. The number of methoxy groups -OCH3 is 2. The quantitative estimate of drug-likeness (QED) is 0.849. The molecule has 24 heavy (non-hydrogen) atoms. The average Bonchev–Trinajstić information content (AvgIpc) is 3.01. The normalized spacial score (nSPS) is 29.3. The summed E-state index contributed by atoms with van der Waals surface area (Å²) in [5.74, 6) is 1.73. The van der Waals surface area contributed by atoms with Crippen LogP contribution in [0.15, 0.2) is 12.1 Å². The van der Waals surface area contributed by atoms with Gasteiger partial charge in [0.2, 0.25) is 5.91 Å². The Morgan fingerprint density at radius 3 is 2.50 bits per heavy atom. The Morgan fingerprint density at radius 1 is 1.25 bits per heavy atom. The third kappa shape index (κ3) is 2.46. The molecule has 0 radical (unpaired) electrons. The van der Waals surface area contributed by atoms with Crippen LogP contribution in [0.3, 0.4) is 0 Å². The molecule has 0 aliphatic carbocycles. The number of hydrogen-bond donors (Lipinski definition) is 0. The van der Waals surface area contributed by atoms with E-state index in [0.29, 0.717) is 18.9 Å². The van der Waals surface area contributed by atoms with Crippen molar-refractivity contribution in [2.45, 2.75) is 51.8 Å². The minimum atomic E-state index is -0.528. The molecule has 1 aromatic carbocycles. The first kappa shape index (κ1) is 17.1. The summed E-state index contributed by atoms with van der Waals surface area (Å²) in [7, 11) is 3.28. The number of fused-ring (bicyclic) bond motifs is 1. The molecule has 0 saturated carbocycles. The van der Waals surface area contributed by atoms with Crippen molar-refractivity contribution >= 4 is 5.91 Å². The molecule has 1 aromatic rings. The van der Waals surface area contributed by atoms with Gasteiger partial charge in [0.25, 0.3) is 0 Å². The number of aryl methyl sites for hydroxylation is 1. The number of hydrogen-bond acceptors (Lipinski definition) is 4. The first-order chi connectivity index (χ1) is 11.3. The van der Waals surface area contributed by atoms with Crippen molar-refractivity contribution in [2.75, 3.05) is 20.8 Å². The van der Waals surface area contributed by atoms with Gasteiger partial charge in [-0.3, -0.25) is 4.79 Å². The predicted molar refractivity (Wildman–Crippen MR) is 91.5 cm³/mol. The number of nitrogens with zero attached hydrogens (tertiary/aromatic N) is 1. The zero-order chi connectivity index (χ0) is 17.6. The minimum absolute atomic E-state index is 0.123. The zero-order valence-electron chi connectivity index (χ0n) is 15.4. The van der Waals surface area contributed by atoms with Crippen molar-refractivity contribution in [3.8, 4) is 11.5 Å². The van der Waals surface area contributed by atoms with E-state index in [-0.39, 0.29) is 17.9 Å². The van der Waals surface area contributed by atoms with Gasteiger partial charge in [0.15, 0.2) is 0 Å². The van der Waals surface area contributed by atoms with Crippen LogP contribution in [-0.4, -0.2) is 43.4 Å². The summed E-state index contributed by atoms with van der Waals surface area (Å²) in [5, 5.41) is 0. The summed E-state index contributed by atoms with van der Waals surface area (Å²) in [6, 6.07) is 4.01. The molecule has 0 bridgehead atoms. The molecule has 2 aliphatic heterocycles. The molecule has 132 valence electrons. The van der Waals surface area contributed by atoms with Crippen LogP contribution < -0.4 is 9.47 Å². The lowest BCUT2D eigenvalue weighted by Crippen LogP contribution is -2.45. The Morgan fingerprint density at radius 2 is 1.92 bits per heavy atom. The number of carbonyl (C=O) groups is 1. The fourth-order valence-corrected chi connectivity index (χ4v) is 4.03. The Kier molecular flexibility index (Phi) is 4.24. The summed E-state index contributed by atoms with van der Waals surface area (Å²) >= 11 is 0. The predicted octanol–water partition coefficient (Wildman–Crippen LogP) is 3.10. The first-order valence-corrected chi connectivity index (χ1v) is 8.52. The van der Waals surface area contributed by atoms with Crippen LogP contribution in [0.4, 0.5) is 0 Å². The summed E-state index contributed by atoms with van der Waals surface area (Å²) in [6.07, 6.45) is 0.637. The molecule has 3 rings (SSSR count). The van der Waals surface area contributed by atoms with Crippen LogP contribution in [0.1, 0.15) is 44.2 Å². The molecule has 1 amide bonds. The lowest BCUT2D eigenvalue weighted by Gasteiger charge is -2.31. The number of rotatable bonds is 4. The topological polar surface area (TPSA) is 48.0 Å². The van der Waals surface area contributed by atoms with E-state index >= 15 is 0 Å². The van der Waals surface area contributed by atoms with Gasteiger partial charge in [0, 0.05) is 12.0 Å². The fourth-order valence-electron chi connectivity index (χ4n) is 4.03. The zero-order valence-corrected chi connectivity index (χ0v) is 15.4. The average molecular weight is 333 g/mol. The van der Waals surface area contributed by atoms with Gasteiger partial charge in [-0.2, -0.15) is 0 Å². The number of carbonyl (C=O) groups excluding carboxylic acids is 1. The van der Waals surface area contributed by atoms with Crippen LogP contribution in [0.2, 0.25) is 0 Å². The van der Waals surface area contributed by atoms with Gasteiger partial charge >= 0.3 is 0 Å². The maximum Gasteiger partial charge on any atom is 0.233 e. The van der Waals surface area contributed by atoms with E-state index < -0.39 is 5.72 Å². The molecule has 2 heterocycles. The molecule has 5 nitrogen and oxygen atoms in total. The van der Waals surface area contributed by atoms with Gasteiger partial charge in [-0.15, -0.1) is 0 Å². The van der Waals surface area contributed by atoms with Crippen molar-refractivity contribution in [1.29, 1.82) is 0 Å². The molecular formula is C19H27NO4. The van der Waals surface area contributed by atoms with Crippen LogP contribution in [0.5, 0.6) is 11.5 Å². The third-order valence-electron chi connectivity index (χ3n) is 5.42. The molecule has 0 spiro atoms. The van der Waals surface area contributed by atoms with Gasteiger partial charge in [-0.25, -0.2) is 0 Å². The van der Waals surface area contributed by atoms with Crippen LogP contribution in [0, 0.1) is 12.8 Å². The fraction of sp³-hybridized carbons (Fsp3) is 0.632. The van der Waals surface area contributed by atoms with Crippen LogP contribution in [0.25, 0.3) is 0 Å². The second kappa shape index (κ2) is 5.96. The number of amides is 1. The minimum Gasteiger partial charge on any atom is -0.496 e. The van der Waals surface area contributed by atoms with Crippen molar-refractivity contribution in [3.63, 3.8) is 0 Å². The summed E-state index contributed by atoms with van der Waals surface area (Å²) in [6.45, 7) is 8.87. The van der Waals surface area contributed by atoms with Gasteiger partial charge in [0.05, 0.1) is 32.8 Å². The second-order valence-corrected chi connectivity index (χ2v) is 7.33. The molecule has 2 aliphatic rings. The number of benzene rings is 1. The molecule has 0 aromatic heterocycles. The first-order valence-electron chi connectivity index (χ1n) is 8.52. The Bertz CT molecular complexity index is 657. The smallest absolute Gasteiger partial charge is 0.233 e. The van der Waals surface area contributed by atoms with Gasteiger partial charge in [-0.05, 0) is 37.5 Å². The Hall–Kier alpha value is -1.75. The highest BCUT2D eigenvalue weighted by Gasteiger charge is 2.57. The lowest BCUT2D eigenvalue weighted by molar-refractivity contribution is -0.138. The second-order valence-electron chi connectivity index (χ2n) is 7.33. The van der Waals surface area contributed by atoms with Crippen LogP contribution >= 0.6 is 0 Å². The monoisotopic (exact) mass is 333 g/mol. The Balaban J connectivity index is 2.02. The summed E-state index contributed by atoms with van der Waals surface area (Å²) < 4.78 is 17.0. The van der Waals surface area contributed by atoms with Gasteiger partial charge in [-0.1, -0.05) is 13.8 Å². The van der Waals surface area contributed by atoms with E-state index in [1.807, 2.05) is 30.9 Å². The van der Waals surface area contributed by atoms with E-state index in [1.165, 1.54) is 0 Å². The largest absolute Gasteiger partial charge is 0.496 e. The Labute approximate surface area is 143 Å².